The third-order valence-electron chi connectivity index (χ3n) is 11.4. The van der Waals surface area contributed by atoms with Crippen LogP contribution in [0.15, 0.2) is 82.6 Å². The van der Waals surface area contributed by atoms with Gasteiger partial charge in [-0.3, -0.25) is 4.79 Å². The number of carbonyl (C=O) groups excluding carboxylic acids is 2. The topological polar surface area (TPSA) is 142 Å². The fraction of sp³-hybridized carbons (Fsp3) is 0.585. The predicted octanol–water partition coefficient (Wildman–Crippen LogP) is 5.50. The van der Waals surface area contributed by atoms with Crippen LogP contribution in [0, 0.1) is 17.8 Å². The second-order valence-electron chi connectivity index (χ2n) is 15.1. The van der Waals surface area contributed by atoms with Crippen LogP contribution in [-0.2, 0) is 38.1 Å². The molecule has 0 saturated carbocycles. The maximum atomic E-state index is 14.1. The lowest BCUT2D eigenvalue weighted by Gasteiger charge is -2.50. The van der Waals surface area contributed by atoms with E-state index in [0.717, 1.165) is 18.4 Å². The summed E-state index contributed by atoms with van der Waals surface area (Å²) in [7, 11) is 1.38. The molecular formula is C41H53NO10. The van der Waals surface area contributed by atoms with Gasteiger partial charge in [0.15, 0.2) is 11.5 Å². The first-order valence-corrected chi connectivity index (χ1v) is 18.6. The van der Waals surface area contributed by atoms with E-state index in [-0.39, 0.29) is 30.4 Å². The van der Waals surface area contributed by atoms with Gasteiger partial charge in [-0.15, -0.1) is 0 Å². The van der Waals surface area contributed by atoms with Gasteiger partial charge in [0.2, 0.25) is 0 Å². The molecule has 1 aromatic rings. The van der Waals surface area contributed by atoms with E-state index in [2.05, 4.69) is 19.0 Å². The Bertz CT molecular complexity index is 1630. The molecule has 2 bridgehead atoms. The van der Waals surface area contributed by atoms with Crippen LogP contribution in [0.25, 0.3) is 0 Å². The van der Waals surface area contributed by atoms with Gasteiger partial charge in [-0.2, -0.15) is 0 Å². The van der Waals surface area contributed by atoms with Gasteiger partial charge in [0.1, 0.15) is 43.0 Å². The van der Waals surface area contributed by atoms with Crippen molar-refractivity contribution in [1.29, 1.82) is 0 Å². The molecule has 3 saturated heterocycles. The van der Waals surface area contributed by atoms with E-state index in [1.54, 1.807) is 37.3 Å². The van der Waals surface area contributed by atoms with Crippen LogP contribution in [-0.4, -0.2) is 89.6 Å². The Morgan fingerprint density at radius 1 is 1.10 bits per heavy atom. The number of allylic oxidation sites excluding steroid dienone is 2. The molecule has 11 nitrogen and oxygen atoms in total. The molecular weight excluding hydrogens is 666 g/mol. The van der Waals surface area contributed by atoms with E-state index in [1.165, 1.54) is 7.11 Å². The molecule has 2 N–H and O–H groups in total. The number of hydrogen-bond donors (Lipinski definition) is 2. The minimum absolute atomic E-state index is 0.00166. The zero-order valence-electron chi connectivity index (χ0n) is 31.0. The standard InChI is InChI=1S/C41H53NO10/c1-7-33-24(2)18-19-40(52-33)22-31-21-30(51-40)17-16-26(4)36(50-39(45)34(42-47-6)28-13-9-8-10-14-28)25(3)12-11-15-29-23-48-37-35(43)27(5)20-32(38(44)49-31)41(29,37)46/h8-16,20,24-25,30-33,35-37,43,46H,7,17-19,21-23H2,1-6H3. The first-order valence-electron chi connectivity index (χ1n) is 18.6. The van der Waals surface area contributed by atoms with Crippen LogP contribution in [0.5, 0.6) is 0 Å². The summed E-state index contributed by atoms with van der Waals surface area (Å²) in [6.07, 6.45) is 8.81. The molecule has 1 aromatic carbocycles. The SMILES string of the molecule is CCC1OC2(CCC1C)CC1CC(CC=C(C)C(OC(=O)C(=NOC)c3ccccc3)C(C)C=CC=C3COC4C(O)C(C)=CC(C(=O)O1)C34O)O2. The Morgan fingerprint density at radius 3 is 2.60 bits per heavy atom. The van der Waals surface area contributed by atoms with Crippen LogP contribution >= 0.6 is 0 Å². The van der Waals surface area contributed by atoms with Crippen LogP contribution in [0.1, 0.15) is 78.7 Å². The first kappa shape index (κ1) is 38.1. The molecule has 0 radical (unpaired) electrons. The van der Waals surface area contributed by atoms with Gasteiger partial charge in [-0.25, -0.2) is 4.79 Å². The number of hydrogen-bond acceptors (Lipinski definition) is 11. The third-order valence-corrected chi connectivity index (χ3v) is 11.4. The summed E-state index contributed by atoms with van der Waals surface area (Å²) < 4.78 is 32.0. The predicted molar refractivity (Wildman–Crippen MR) is 193 cm³/mol. The fourth-order valence-corrected chi connectivity index (χ4v) is 8.43. The van der Waals surface area contributed by atoms with Gasteiger partial charge in [0.25, 0.3) is 0 Å². The summed E-state index contributed by atoms with van der Waals surface area (Å²) in [6, 6.07) is 9.00. The normalized spacial score (nSPS) is 38.4. The largest absolute Gasteiger partial charge is 0.462 e. The van der Waals surface area contributed by atoms with Crippen molar-refractivity contribution in [3.8, 4) is 0 Å². The second-order valence-corrected chi connectivity index (χ2v) is 15.1. The van der Waals surface area contributed by atoms with E-state index in [4.69, 9.17) is 28.5 Å². The number of fused-ring (bicyclic) bond motifs is 2. The lowest BCUT2D eigenvalue weighted by atomic mass is 9.71. The van der Waals surface area contributed by atoms with E-state index in [9.17, 15) is 19.8 Å². The smallest absolute Gasteiger partial charge is 0.361 e. The zero-order chi connectivity index (χ0) is 37.2. The van der Waals surface area contributed by atoms with Crippen LogP contribution in [0.3, 0.4) is 0 Å². The molecule has 6 rings (SSSR count). The van der Waals surface area contributed by atoms with Crippen molar-refractivity contribution in [1.82, 2.24) is 0 Å². The summed E-state index contributed by atoms with van der Waals surface area (Å²) in [5.74, 6) is -3.24. The van der Waals surface area contributed by atoms with Crippen molar-refractivity contribution >= 4 is 17.7 Å². The third kappa shape index (κ3) is 7.57. The maximum absolute atomic E-state index is 14.1. The molecule has 0 aromatic heterocycles. The van der Waals surface area contributed by atoms with Crippen molar-refractivity contribution in [2.45, 2.75) is 121 Å². The van der Waals surface area contributed by atoms with Crippen LogP contribution < -0.4 is 0 Å². The minimum atomic E-state index is -1.84. The Hall–Kier alpha value is -3.61. The number of rotatable bonds is 5. The highest BCUT2D eigenvalue weighted by Gasteiger charge is 2.60. The van der Waals surface area contributed by atoms with Gasteiger partial charge in [-0.05, 0) is 55.7 Å². The van der Waals surface area contributed by atoms with Gasteiger partial charge in [0, 0.05) is 30.7 Å². The number of esters is 2. The van der Waals surface area contributed by atoms with Crippen molar-refractivity contribution < 1.29 is 48.3 Å². The van der Waals surface area contributed by atoms with Crippen LogP contribution in [0.4, 0.5) is 0 Å². The summed E-state index contributed by atoms with van der Waals surface area (Å²) >= 11 is 0. The van der Waals surface area contributed by atoms with Crippen LogP contribution in [0.2, 0.25) is 0 Å². The minimum Gasteiger partial charge on any atom is -0.462 e. The Labute approximate surface area is 306 Å². The summed E-state index contributed by atoms with van der Waals surface area (Å²) in [5.41, 5.74) is 0.535. The maximum Gasteiger partial charge on any atom is 0.361 e. The number of oxime groups is 1. The Balaban J connectivity index is 1.39. The lowest BCUT2D eigenvalue weighted by molar-refractivity contribution is -0.335. The summed E-state index contributed by atoms with van der Waals surface area (Å²) in [5, 5.41) is 27.4. The molecule has 282 valence electrons. The molecule has 11 atom stereocenters. The molecule has 52 heavy (non-hydrogen) atoms. The van der Waals surface area contributed by atoms with E-state index in [0.29, 0.717) is 48.3 Å². The number of carbonyl (C=O) groups is 2. The second kappa shape index (κ2) is 15.8. The number of benzene rings is 1. The molecule has 0 amide bonds. The molecule has 1 spiro atoms. The Morgan fingerprint density at radius 2 is 1.87 bits per heavy atom. The lowest BCUT2D eigenvalue weighted by Crippen LogP contribution is -2.58. The number of aliphatic hydroxyl groups excluding tert-OH is 1. The van der Waals surface area contributed by atoms with Gasteiger partial charge in [-0.1, -0.05) is 86.6 Å². The van der Waals surface area contributed by atoms with Crippen molar-refractivity contribution in [2.75, 3.05) is 13.7 Å². The molecule has 4 heterocycles. The van der Waals surface area contributed by atoms with E-state index < -0.39 is 53.7 Å². The van der Waals surface area contributed by atoms with Gasteiger partial charge >= 0.3 is 11.9 Å². The van der Waals surface area contributed by atoms with Gasteiger partial charge in [0.05, 0.1) is 18.8 Å². The summed E-state index contributed by atoms with van der Waals surface area (Å²) in [4.78, 5) is 32.9. The zero-order valence-corrected chi connectivity index (χ0v) is 31.0. The highest BCUT2D eigenvalue weighted by atomic mass is 16.7. The van der Waals surface area contributed by atoms with Crippen molar-refractivity contribution in [3.05, 3.63) is 83.0 Å². The summed E-state index contributed by atoms with van der Waals surface area (Å²) in [6.45, 7) is 9.88. The highest BCUT2D eigenvalue weighted by Crippen LogP contribution is 2.47. The van der Waals surface area contributed by atoms with Gasteiger partial charge < -0.3 is 38.7 Å². The first-order chi connectivity index (χ1) is 24.9. The van der Waals surface area contributed by atoms with Crippen molar-refractivity contribution in [3.63, 3.8) is 0 Å². The molecule has 11 heteroatoms. The number of aliphatic hydroxyl groups is 2. The monoisotopic (exact) mass is 719 g/mol. The average molecular weight is 720 g/mol. The quantitative estimate of drug-likeness (QED) is 0.174. The molecule has 3 fully saturated rings. The molecule has 11 unspecified atom stereocenters. The van der Waals surface area contributed by atoms with E-state index >= 15 is 0 Å². The number of ether oxygens (including phenoxy) is 5. The molecule has 1 aliphatic carbocycles. The highest BCUT2D eigenvalue weighted by molar-refractivity contribution is 6.43. The van der Waals surface area contributed by atoms with Crippen molar-refractivity contribution in [2.24, 2.45) is 22.9 Å². The number of nitrogens with zero attached hydrogens (tertiary/aromatic N) is 1. The Kier molecular flexibility index (Phi) is 11.6. The fourth-order valence-electron chi connectivity index (χ4n) is 8.43. The molecule has 4 aliphatic heterocycles. The molecule has 5 aliphatic rings. The average Bonchev–Trinajstić information content (AvgIpc) is 3.47. The van der Waals surface area contributed by atoms with E-state index in [1.807, 2.05) is 44.2 Å².